The van der Waals surface area contributed by atoms with Crippen LogP contribution in [-0.2, 0) is 14.8 Å². The van der Waals surface area contributed by atoms with E-state index >= 15 is 0 Å². The van der Waals surface area contributed by atoms with Gasteiger partial charge in [0.2, 0.25) is 10.0 Å². The van der Waals surface area contributed by atoms with Crippen molar-refractivity contribution in [2.45, 2.75) is 87.5 Å². The highest BCUT2D eigenvalue weighted by molar-refractivity contribution is 7.90. The molecular weight excluding hydrogens is 398 g/mol. The van der Waals surface area contributed by atoms with Crippen LogP contribution >= 0.6 is 0 Å². The number of hydrogen-bond donors (Lipinski definition) is 1. The first kappa shape index (κ1) is 20.8. The number of rotatable bonds is 3. The van der Waals surface area contributed by atoms with Crippen molar-refractivity contribution in [1.29, 1.82) is 0 Å². The average molecular weight is 434 g/mol. The predicted octanol–water partition coefficient (Wildman–Crippen LogP) is 4.38. The molecule has 0 radical (unpaired) electrons. The molecule has 1 aromatic carbocycles. The van der Waals surface area contributed by atoms with Gasteiger partial charge in [-0.05, 0) is 74.8 Å². The summed E-state index contributed by atoms with van der Waals surface area (Å²) in [5.74, 6) is 2.08. The van der Waals surface area contributed by atoms with Crippen molar-refractivity contribution in [2.75, 3.05) is 13.2 Å². The molecule has 3 saturated carbocycles. The van der Waals surface area contributed by atoms with Crippen molar-refractivity contribution in [2.24, 2.45) is 11.8 Å². The third kappa shape index (κ3) is 4.28. The molecule has 30 heavy (non-hydrogen) atoms. The summed E-state index contributed by atoms with van der Waals surface area (Å²) in [6.45, 7) is 1.28. The molecule has 0 amide bonds. The van der Waals surface area contributed by atoms with E-state index in [0.29, 0.717) is 31.2 Å². The van der Waals surface area contributed by atoms with Crippen molar-refractivity contribution in [3.05, 3.63) is 29.8 Å². The Morgan fingerprint density at radius 2 is 1.63 bits per heavy atom. The van der Waals surface area contributed by atoms with E-state index in [4.69, 9.17) is 9.47 Å². The fourth-order valence-corrected chi connectivity index (χ4v) is 7.75. The lowest BCUT2D eigenvalue weighted by Gasteiger charge is -2.41. The molecule has 0 saturated heterocycles. The molecule has 6 rings (SSSR count). The van der Waals surface area contributed by atoms with Gasteiger partial charge in [-0.15, -0.1) is 0 Å². The van der Waals surface area contributed by atoms with Gasteiger partial charge in [0.05, 0.1) is 24.6 Å². The van der Waals surface area contributed by atoms with Crippen LogP contribution < -0.4 is 9.46 Å². The monoisotopic (exact) mass is 433 g/mol. The van der Waals surface area contributed by atoms with Crippen molar-refractivity contribution < 1.29 is 17.9 Å². The van der Waals surface area contributed by atoms with Crippen LogP contribution in [0.3, 0.4) is 0 Å². The van der Waals surface area contributed by atoms with Gasteiger partial charge in [0.25, 0.3) is 0 Å². The zero-order chi connectivity index (χ0) is 20.6. The maximum Gasteiger partial charge on any atom is 0.214 e. The van der Waals surface area contributed by atoms with Crippen LogP contribution in [0.15, 0.2) is 24.3 Å². The molecule has 166 valence electrons. The predicted molar refractivity (Wildman–Crippen MR) is 117 cm³/mol. The van der Waals surface area contributed by atoms with E-state index in [0.717, 1.165) is 70.0 Å². The molecule has 2 aliphatic heterocycles. The Morgan fingerprint density at radius 3 is 2.40 bits per heavy atom. The fraction of sp³-hybridized carbons (Fsp3) is 0.750. The molecule has 3 fully saturated rings. The zero-order valence-electron chi connectivity index (χ0n) is 17.8. The minimum atomic E-state index is -3.23. The number of fused-ring (bicyclic) bond motifs is 4. The maximum absolute atomic E-state index is 12.8. The second-order valence-corrected chi connectivity index (χ2v) is 11.8. The van der Waals surface area contributed by atoms with Gasteiger partial charge in [0.15, 0.2) is 0 Å². The van der Waals surface area contributed by atoms with Crippen LogP contribution in [0.2, 0.25) is 0 Å². The highest BCUT2D eigenvalue weighted by Crippen LogP contribution is 2.41. The van der Waals surface area contributed by atoms with E-state index in [1.807, 2.05) is 0 Å². The van der Waals surface area contributed by atoms with Crippen LogP contribution in [0.4, 0.5) is 0 Å². The van der Waals surface area contributed by atoms with Crippen LogP contribution in [0.1, 0.15) is 75.7 Å². The Hall–Kier alpha value is -1.11. The summed E-state index contributed by atoms with van der Waals surface area (Å²) >= 11 is 0. The molecule has 0 aromatic heterocycles. The average Bonchev–Trinajstić information content (AvgIpc) is 2.69. The van der Waals surface area contributed by atoms with Crippen LogP contribution in [0.25, 0.3) is 0 Å². The van der Waals surface area contributed by atoms with E-state index in [9.17, 15) is 8.42 Å². The SMILES string of the molecule is O=S(=O)(N[C@H]1CCCC2COc3ccccc3[C@H]3CC[C@H](CC3)OC[C@H]21)C1CCC1. The smallest absolute Gasteiger partial charge is 0.214 e. The van der Waals surface area contributed by atoms with Gasteiger partial charge < -0.3 is 9.47 Å². The third-order valence-electron chi connectivity index (χ3n) is 8.03. The fourth-order valence-electron chi connectivity index (χ4n) is 5.88. The molecule has 5 aliphatic rings. The van der Waals surface area contributed by atoms with E-state index in [-0.39, 0.29) is 17.2 Å². The number of ether oxygens (including phenoxy) is 2. The van der Waals surface area contributed by atoms with Gasteiger partial charge in [0.1, 0.15) is 5.75 Å². The molecule has 1 aromatic rings. The van der Waals surface area contributed by atoms with Crippen molar-refractivity contribution >= 4 is 10.0 Å². The van der Waals surface area contributed by atoms with Gasteiger partial charge in [-0.3, -0.25) is 0 Å². The molecule has 1 unspecified atom stereocenters. The van der Waals surface area contributed by atoms with E-state index in [1.165, 1.54) is 5.56 Å². The summed E-state index contributed by atoms with van der Waals surface area (Å²) < 4.78 is 41.6. The first-order chi connectivity index (χ1) is 14.6. The molecule has 1 N–H and O–H groups in total. The van der Waals surface area contributed by atoms with Crippen molar-refractivity contribution in [3.63, 3.8) is 0 Å². The number of hydrogen-bond acceptors (Lipinski definition) is 4. The molecule has 5 nitrogen and oxygen atoms in total. The Kier molecular flexibility index (Phi) is 6.09. The number of para-hydroxylation sites is 1. The second-order valence-electron chi connectivity index (χ2n) is 9.83. The molecule has 0 spiro atoms. The van der Waals surface area contributed by atoms with E-state index in [2.05, 4.69) is 29.0 Å². The Morgan fingerprint density at radius 1 is 0.867 bits per heavy atom. The van der Waals surface area contributed by atoms with Crippen molar-refractivity contribution in [1.82, 2.24) is 4.72 Å². The highest BCUT2D eigenvalue weighted by atomic mass is 32.2. The van der Waals surface area contributed by atoms with Gasteiger partial charge in [0, 0.05) is 12.0 Å². The van der Waals surface area contributed by atoms with E-state index in [1.54, 1.807) is 0 Å². The van der Waals surface area contributed by atoms with Crippen molar-refractivity contribution in [3.8, 4) is 5.75 Å². The summed E-state index contributed by atoms with van der Waals surface area (Å²) in [4.78, 5) is 0. The summed E-state index contributed by atoms with van der Waals surface area (Å²) in [7, 11) is -3.23. The van der Waals surface area contributed by atoms with Crippen LogP contribution in [0.5, 0.6) is 5.75 Å². The van der Waals surface area contributed by atoms with Crippen LogP contribution in [-0.4, -0.2) is 39.0 Å². The number of nitrogens with one attached hydrogen (secondary N) is 1. The van der Waals surface area contributed by atoms with Gasteiger partial charge in [-0.1, -0.05) is 31.0 Å². The first-order valence-electron chi connectivity index (χ1n) is 11.9. The lowest BCUT2D eigenvalue weighted by molar-refractivity contribution is -0.0298. The topological polar surface area (TPSA) is 64.6 Å². The Bertz CT molecular complexity index is 829. The normalized spacial score (nSPS) is 35.1. The molecule has 3 atom stereocenters. The number of sulfonamides is 1. The minimum absolute atomic E-state index is 0.0347. The largest absolute Gasteiger partial charge is 0.493 e. The first-order valence-corrected chi connectivity index (χ1v) is 13.5. The number of benzene rings is 1. The summed E-state index contributed by atoms with van der Waals surface area (Å²) in [5.41, 5.74) is 1.34. The highest BCUT2D eigenvalue weighted by Gasteiger charge is 2.40. The molecular formula is C24H35NO4S. The third-order valence-corrected chi connectivity index (χ3v) is 10.0. The second kappa shape index (κ2) is 8.79. The summed E-state index contributed by atoms with van der Waals surface area (Å²) in [6.07, 6.45) is 10.4. The van der Waals surface area contributed by atoms with E-state index < -0.39 is 10.0 Å². The van der Waals surface area contributed by atoms with Crippen LogP contribution in [0, 0.1) is 11.8 Å². The summed E-state index contributed by atoms with van der Waals surface area (Å²) in [5, 5.41) is -0.191. The van der Waals surface area contributed by atoms with Gasteiger partial charge in [-0.2, -0.15) is 0 Å². The van der Waals surface area contributed by atoms with Gasteiger partial charge >= 0.3 is 0 Å². The quantitative estimate of drug-likeness (QED) is 0.768. The Balaban J connectivity index is 1.38. The summed E-state index contributed by atoms with van der Waals surface area (Å²) in [6, 6.07) is 8.48. The minimum Gasteiger partial charge on any atom is -0.493 e. The Labute approximate surface area is 181 Å². The standard InChI is InChI=1S/C24H35NO4S/c26-30(27,20-6-4-7-20)25-23-9-3-5-18-15-29-24-10-2-1-8-21(24)17-11-13-19(14-12-17)28-16-22(18)23/h1-2,8,10,17-20,22-23,25H,3-7,9,11-16H2/t17-,18?,19+,22-,23+/m1/s1. The lowest BCUT2D eigenvalue weighted by atomic mass is 9.76. The molecule has 2 heterocycles. The maximum atomic E-state index is 12.8. The molecule has 2 bridgehead atoms. The van der Waals surface area contributed by atoms with Gasteiger partial charge in [-0.25, -0.2) is 13.1 Å². The molecule has 3 aliphatic carbocycles. The lowest BCUT2D eigenvalue weighted by Crippen LogP contribution is -2.52. The zero-order valence-corrected chi connectivity index (χ0v) is 18.6. The molecule has 6 heteroatoms.